The molecule has 2 aliphatic heterocycles. The van der Waals surface area contributed by atoms with Gasteiger partial charge in [-0.15, -0.1) is 0 Å². The Morgan fingerprint density at radius 1 is 1.24 bits per heavy atom. The number of amidine groups is 1. The van der Waals surface area contributed by atoms with Crippen molar-refractivity contribution >= 4 is 11.7 Å². The highest BCUT2D eigenvalue weighted by Gasteiger charge is 2.27. The standard InChI is InChI=1S/C30H34N4O3/c1-19(2)37-28-12-11-24(16-25(28)17-31)30(36)32-26(14-21(4)35)15-22-7-9-23(10-8-22)27-18-34-13-5-6-20(3)29(34)33-27/h5-13,16,19,21,26-27,35H,14-15,18H2,1-4H3,(H,32,36)/t21-,26+,27?/m0/s1. The van der Waals surface area contributed by atoms with Gasteiger partial charge < -0.3 is 20.1 Å². The smallest absolute Gasteiger partial charge is 0.251 e. The molecular formula is C30H34N4O3. The Morgan fingerprint density at radius 2 is 2.00 bits per heavy atom. The van der Waals surface area contributed by atoms with E-state index in [4.69, 9.17) is 9.73 Å². The number of aliphatic imine (C=N–C) groups is 1. The summed E-state index contributed by atoms with van der Waals surface area (Å²) in [7, 11) is 0. The van der Waals surface area contributed by atoms with Crippen molar-refractivity contribution in [1.29, 1.82) is 5.26 Å². The summed E-state index contributed by atoms with van der Waals surface area (Å²) in [5.41, 5.74) is 4.08. The van der Waals surface area contributed by atoms with E-state index in [0.29, 0.717) is 29.7 Å². The van der Waals surface area contributed by atoms with Crippen LogP contribution >= 0.6 is 0 Å². The van der Waals surface area contributed by atoms with E-state index in [2.05, 4.69) is 59.8 Å². The number of carbonyl (C=O) groups excluding carboxylic acids is 1. The maximum absolute atomic E-state index is 13.0. The van der Waals surface area contributed by atoms with Gasteiger partial charge in [0, 0.05) is 17.8 Å². The molecular weight excluding hydrogens is 464 g/mol. The number of carbonyl (C=O) groups is 1. The van der Waals surface area contributed by atoms with Crippen LogP contribution in [0.4, 0.5) is 0 Å². The lowest BCUT2D eigenvalue weighted by atomic mass is 9.98. The Hall–Kier alpha value is -3.89. The molecule has 3 atom stereocenters. The van der Waals surface area contributed by atoms with E-state index in [0.717, 1.165) is 23.5 Å². The number of fused-ring (bicyclic) bond motifs is 1. The fraction of sp³-hybridized carbons (Fsp3) is 0.367. The molecule has 2 aliphatic rings. The minimum absolute atomic E-state index is 0.0749. The third kappa shape index (κ3) is 6.46. The second-order valence-corrected chi connectivity index (χ2v) is 10.0. The first-order chi connectivity index (χ1) is 17.7. The van der Waals surface area contributed by atoms with Crippen molar-refractivity contribution in [2.75, 3.05) is 6.54 Å². The van der Waals surface area contributed by atoms with Crippen LogP contribution in [-0.4, -0.2) is 46.5 Å². The minimum atomic E-state index is -0.572. The Balaban J connectivity index is 1.44. The van der Waals surface area contributed by atoms with Crippen LogP contribution in [0.5, 0.6) is 5.75 Å². The highest BCUT2D eigenvalue weighted by atomic mass is 16.5. The van der Waals surface area contributed by atoms with Gasteiger partial charge in [0.05, 0.1) is 30.4 Å². The van der Waals surface area contributed by atoms with Gasteiger partial charge in [0.25, 0.3) is 5.91 Å². The number of hydrogen-bond donors (Lipinski definition) is 2. The summed E-state index contributed by atoms with van der Waals surface area (Å²) >= 11 is 0. The zero-order valence-electron chi connectivity index (χ0n) is 21.8. The van der Waals surface area contributed by atoms with Gasteiger partial charge in [-0.2, -0.15) is 5.26 Å². The molecule has 0 radical (unpaired) electrons. The fourth-order valence-corrected chi connectivity index (χ4v) is 4.69. The predicted molar refractivity (Wildman–Crippen MR) is 144 cm³/mol. The van der Waals surface area contributed by atoms with Crippen molar-refractivity contribution in [3.8, 4) is 11.8 Å². The largest absolute Gasteiger partial charge is 0.490 e. The molecule has 0 saturated carbocycles. The fourth-order valence-electron chi connectivity index (χ4n) is 4.69. The van der Waals surface area contributed by atoms with E-state index < -0.39 is 6.10 Å². The third-order valence-corrected chi connectivity index (χ3v) is 6.42. The Bertz CT molecular complexity index is 1270. The normalized spacial score (nSPS) is 18.0. The molecule has 0 aliphatic carbocycles. The summed E-state index contributed by atoms with van der Waals surface area (Å²) in [5.74, 6) is 1.20. The number of rotatable bonds is 9. The van der Waals surface area contributed by atoms with Crippen molar-refractivity contribution in [3.63, 3.8) is 0 Å². The van der Waals surface area contributed by atoms with E-state index in [-0.39, 0.29) is 24.1 Å². The lowest BCUT2D eigenvalue weighted by molar-refractivity contribution is 0.0917. The van der Waals surface area contributed by atoms with Crippen LogP contribution in [0.1, 0.15) is 67.2 Å². The number of nitriles is 1. The van der Waals surface area contributed by atoms with Crippen molar-refractivity contribution in [2.45, 2.75) is 64.8 Å². The van der Waals surface area contributed by atoms with Crippen LogP contribution in [0.15, 0.2) is 71.4 Å². The summed E-state index contributed by atoms with van der Waals surface area (Å²) in [4.78, 5) is 20.1. The lowest BCUT2D eigenvalue weighted by Crippen LogP contribution is -2.38. The number of nitrogens with zero attached hydrogens (tertiary/aromatic N) is 3. The number of amides is 1. The zero-order chi connectivity index (χ0) is 26.5. The van der Waals surface area contributed by atoms with Crippen LogP contribution < -0.4 is 10.1 Å². The number of aliphatic hydroxyl groups excluding tert-OH is 1. The van der Waals surface area contributed by atoms with Crippen LogP contribution in [-0.2, 0) is 6.42 Å². The summed E-state index contributed by atoms with van der Waals surface area (Å²) < 4.78 is 5.66. The van der Waals surface area contributed by atoms with E-state index >= 15 is 0 Å². The Labute approximate surface area is 218 Å². The van der Waals surface area contributed by atoms with Gasteiger partial charge in [0.1, 0.15) is 17.7 Å². The van der Waals surface area contributed by atoms with E-state index in [9.17, 15) is 15.2 Å². The molecule has 0 saturated heterocycles. The van der Waals surface area contributed by atoms with Gasteiger partial charge in [-0.05, 0) is 81.5 Å². The third-order valence-electron chi connectivity index (χ3n) is 6.42. The number of aliphatic hydroxyl groups is 1. The molecule has 0 bridgehead atoms. The molecule has 7 heteroatoms. The molecule has 1 unspecified atom stereocenters. The summed E-state index contributed by atoms with van der Waals surface area (Å²) in [6.07, 6.45) is 6.53. The average molecular weight is 499 g/mol. The minimum Gasteiger partial charge on any atom is -0.490 e. The van der Waals surface area contributed by atoms with Crippen molar-refractivity contribution in [3.05, 3.63) is 88.6 Å². The number of allylic oxidation sites excluding steroid dienone is 2. The molecule has 0 spiro atoms. The highest BCUT2D eigenvalue weighted by Crippen LogP contribution is 2.29. The van der Waals surface area contributed by atoms with Gasteiger partial charge >= 0.3 is 0 Å². The molecule has 192 valence electrons. The number of benzene rings is 2. The number of nitrogens with one attached hydrogen (secondary N) is 1. The molecule has 1 amide bonds. The molecule has 4 rings (SSSR count). The molecule has 2 aromatic rings. The maximum Gasteiger partial charge on any atom is 0.251 e. The summed E-state index contributed by atoms with van der Waals surface area (Å²) in [5, 5.41) is 22.6. The summed E-state index contributed by atoms with van der Waals surface area (Å²) in [6, 6.07) is 15.1. The zero-order valence-corrected chi connectivity index (χ0v) is 21.8. The van der Waals surface area contributed by atoms with E-state index in [1.165, 1.54) is 5.57 Å². The SMILES string of the molecule is CC1=CC=CN2CC(c3ccc(C[C@@H](C[C@H](C)O)NC(=O)c4ccc(OC(C)C)c(C#N)c4)cc3)N=C12. The average Bonchev–Trinajstić information content (AvgIpc) is 3.30. The quantitative estimate of drug-likeness (QED) is 0.523. The van der Waals surface area contributed by atoms with Crippen molar-refractivity contribution < 1.29 is 14.6 Å². The topological polar surface area (TPSA) is 98.0 Å². The van der Waals surface area contributed by atoms with Gasteiger partial charge in [0.15, 0.2) is 0 Å². The van der Waals surface area contributed by atoms with Crippen molar-refractivity contribution in [1.82, 2.24) is 10.2 Å². The predicted octanol–water partition coefficient (Wildman–Crippen LogP) is 4.69. The Morgan fingerprint density at radius 3 is 2.65 bits per heavy atom. The Kier molecular flexibility index (Phi) is 8.10. The molecule has 0 fully saturated rings. The lowest BCUT2D eigenvalue weighted by Gasteiger charge is -2.21. The van der Waals surface area contributed by atoms with Crippen LogP contribution in [0.3, 0.4) is 0 Å². The maximum atomic E-state index is 13.0. The van der Waals surface area contributed by atoms with Gasteiger partial charge in [-0.25, -0.2) is 0 Å². The highest BCUT2D eigenvalue weighted by molar-refractivity contribution is 6.01. The van der Waals surface area contributed by atoms with Crippen LogP contribution in [0.25, 0.3) is 0 Å². The molecule has 2 heterocycles. The number of ether oxygens (including phenoxy) is 1. The molecule has 2 N–H and O–H groups in total. The second kappa shape index (κ2) is 11.4. The van der Waals surface area contributed by atoms with Crippen LogP contribution in [0, 0.1) is 11.3 Å². The monoisotopic (exact) mass is 498 g/mol. The molecule has 7 nitrogen and oxygen atoms in total. The summed E-state index contributed by atoms with van der Waals surface area (Å²) in [6.45, 7) is 8.38. The second-order valence-electron chi connectivity index (χ2n) is 10.0. The molecule has 0 aromatic heterocycles. The van der Waals surface area contributed by atoms with Gasteiger partial charge in [0.2, 0.25) is 0 Å². The van der Waals surface area contributed by atoms with E-state index in [1.807, 2.05) is 19.9 Å². The first-order valence-corrected chi connectivity index (χ1v) is 12.7. The van der Waals surface area contributed by atoms with Crippen molar-refractivity contribution in [2.24, 2.45) is 4.99 Å². The molecule has 37 heavy (non-hydrogen) atoms. The molecule has 2 aromatic carbocycles. The van der Waals surface area contributed by atoms with Gasteiger partial charge in [-0.3, -0.25) is 9.79 Å². The van der Waals surface area contributed by atoms with Crippen LogP contribution in [0.2, 0.25) is 0 Å². The van der Waals surface area contributed by atoms with Gasteiger partial charge in [-0.1, -0.05) is 30.3 Å². The first kappa shape index (κ1) is 26.2. The first-order valence-electron chi connectivity index (χ1n) is 12.7. The van der Waals surface area contributed by atoms with E-state index in [1.54, 1.807) is 25.1 Å². The number of hydrogen-bond acceptors (Lipinski definition) is 6.